The van der Waals surface area contributed by atoms with Crippen molar-refractivity contribution in [3.63, 3.8) is 0 Å². The third kappa shape index (κ3) is 5.96. The molecule has 6 heteroatoms. The summed E-state index contributed by atoms with van der Waals surface area (Å²) in [5, 5.41) is 14.5. The number of hydrogen-bond acceptors (Lipinski definition) is 5. The molecule has 0 aliphatic rings. The summed E-state index contributed by atoms with van der Waals surface area (Å²) >= 11 is 0. The minimum absolute atomic E-state index is 0.0596. The number of amides is 1. The first kappa shape index (κ1) is 24.2. The van der Waals surface area contributed by atoms with Crippen molar-refractivity contribution in [1.82, 2.24) is 0 Å². The predicted octanol–water partition coefficient (Wildman–Crippen LogP) is 6.14. The molecule has 0 saturated carbocycles. The summed E-state index contributed by atoms with van der Waals surface area (Å²) < 4.78 is 11.0. The summed E-state index contributed by atoms with van der Waals surface area (Å²) in [6.45, 7) is 2.40. The second-order valence-corrected chi connectivity index (χ2v) is 7.92. The van der Waals surface area contributed by atoms with Gasteiger partial charge in [0.25, 0.3) is 5.91 Å². The Morgan fingerprint density at radius 1 is 0.944 bits per heavy atom. The minimum atomic E-state index is -0.552. The Labute approximate surface area is 209 Å². The van der Waals surface area contributed by atoms with Crippen molar-refractivity contribution < 1.29 is 19.1 Å². The molecule has 0 bridgehead atoms. The van der Waals surface area contributed by atoms with E-state index in [9.17, 15) is 14.9 Å². The Morgan fingerprint density at radius 2 is 1.69 bits per heavy atom. The Morgan fingerprint density at radius 3 is 2.47 bits per heavy atom. The number of benzene rings is 4. The molecular formula is C30H24N2O4. The molecule has 0 radical (unpaired) electrons. The lowest BCUT2D eigenvalue weighted by atomic mass is 10.1. The average molecular weight is 477 g/mol. The third-order valence-electron chi connectivity index (χ3n) is 5.46. The summed E-state index contributed by atoms with van der Waals surface area (Å²) in [5.41, 5.74) is 2.51. The summed E-state index contributed by atoms with van der Waals surface area (Å²) in [5.74, 6) is -0.358. The van der Waals surface area contributed by atoms with E-state index in [0.29, 0.717) is 29.2 Å². The lowest BCUT2D eigenvalue weighted by Crippen LogP contribution is -2.13. The van der Waals surface area contributed by atoms with Gasteiger partial charge in [-0.05, 0) is 71.3 Å². The summed E-state index contributed by atoms with van der Waals surface area (Å²) in [7, 11) is 0. The molecule has 0 aromatic heterocycles. The quantitative estimate of drug-likeness (QED) is 0.187. The zero-order valence-electron chi connectivity index (χ0n) is 19.7. The van der Waals surface area contributed by atoms with Crippen molar-refractivity contribution in [3.05, 3.63) is 113 Å². The van der Waals surface area contributed by atoms with Crippen LogP contribution in [0.5, 0.6) is 5.75 Å². The Balaban J connectivity index is 1.44. The van der Waals surface area contributed by atoms with Crippen LogP contribution in [0.4, 0.5) is 5.69 Å². The molecule has 0 aliphatic carbocycles. The number of carbonyl (C=O) groups excluding carboxylic acids is 2. The second kappa shape index (κ2) is 11.5. The smallest absolute Gasteiger partial charge is 0.338 e. The molecule has 4 aromatic rings. The number of anilines is 1. The fraction of sp³-hybridized carbons (Fsp3) is 0.100. The van der Waals surface area contributed by atoms with Gasteiger partial charge in [-0.3, -0.25) is 4.79 Å². The lowest BCUT2D eigenvalue weighted by molar-refractivity contribution is -0.112. The van der Waals surface area contributed by atoms with Gasteiger partial charge < -0.3 is 14.8 Å². The van der Waals surface area contributed by atoms with Gasteiger partial charge in [-0.2, -0.15) is 5.26 Å². The van der Waals surface area contributed by atoms with Crippen LogP contribution in [0.15, 0.2) is 96.6 Å². The molecule has 0 aliphatic heterocycles. The van der Waals surface area contributed by atoms with Gasteiger partial charge in [-0.15, -0.1) is 0 Å². The number of hydrogen-bond donors (Lipinski definition) is 1. The van der Waals surface area contributed by atoms with E-state index in [0.717, 1.165) is 16.3 Å². The van der Waals surface area contributed by atoms with E-state index in [4.69, 9.17) is 9.47 Å². The van der Waals surface area contributed by atoms with Gasteiger partial charge in [0.05, 0.1) is 12.2 Å². The van der Waals surface area contributed by atoms with Gasteiger partial charge in [0.1, 0.15) is 24.0 Å². The maximum Gasteiger partial charge on any atom is 0.338 e. The van der Waals surface area contributed by atoms with Crippen molar-refractivity contribution in [2.75, 3.05) is 11.9 Å². The molecule has 4 aromatic carbocycles. The maximum absolute atomic E-state index is 12.7. The number of ether oxygens (including phenoxy) is 2. The van der Waals surface area contributed by atoms with Crippen LogP contribution < -0.4 is 10.1 Å². The molecular weight excluding hydrogens is 452 g/mol. The highest BCUT2D eigenvalue weighted by atomic mass is 16.5. The van der Waals surface area contributed by atoms with Crippen molar-refractivity contribution >= 4 is 34.4 Å². The highest BCUT2D eigenvalue weighted by Gasteiger charge is 2.11. The lowest BCUT2D eigenvalue weighted by Gasteiger charge is -2.10. The molecule has 6 nitrogen and oxygen atoms in total. The van der Waals surface area contributed by atoms with Crippen LogP contribution in [-0.4, -0.2) is 18.5 Å². The number of nitrogens with one attached hydrogen (secondary N) is 1. The van der Waals surface area contributed by atoms with Crippen molar-refractivity contribution in [2.45, 2.75) is 13.5 Å². The highest BCUT2D eigenvalue weighted by Crippen LogP contribution is 2.22. The van der Waals surface area contributed by atoms with E-state index in [2.05, 4.69) is 23.5 Å². The first-order valence-corrected chi connectivity index (χ1v) is 11.5. The number of fused-ring (bicyclic) bond motifs is 1. The fourth-order valence-corrected chi connectivity index (χ4v) is 3.69. The molecule has 0 saturated heterocycles. The van der Waals surface area contributed by atoms with Gasteiger partial charge in [0, 0.05) is 5.69 Å². The van der Waals surface area contributed by atoms with Crippen LogP contribution in [0.1, 0.15) is 28.4 Å². The topological polar surface area (TPSA) is 88.4 Å². The molecule has 0 spiro atoms. The second-order valence-electron chi connectivity index (χ2n) is 7.92. The van der Waals surface area contributed by atoms with Gasteiger partial charge in [-0.25, -0.2) is 4.79 Å². The molecule has 0 heterocycles. The highest BCUT2D eigenvalue weighted by molar-refractivity contribution is 6.09. The van der Waals surface area contributed by atoms with Crippen LogP contribution in [0, 0.1) is 11.3 Å². The van der Waals surface area contributed by atoms with Crippen molar-refractivity contribution in [2.24, 2.45) is 0 Å². The van der Waals surface area contributed by atoms with E-state index in [-0.39, 0.29) is 12.2 Å². The van der Waals surface area contributed by atoms with Crippen LogP contribution in [-0.2, 0) is 16.1 Å². The largest absolute Gasteiger partial charge is 0.489 e. The molecule has 1 amide bonds. The average Bonchev–Trinajstić information content (AvgIpc) is 2.91. The summed E-state index contributed by atoms with van der Waals surface area (Å²) in [6.07, 6.45) is 1.51. The molecule has 4 rings (SSSR count). The molecule has 1 N–H and O–H groups in total. The fourth-order valence-electron chi connectivity index (χ4n) is 3.69. The van der Waals surface area contributed by atoms with Crippen molar-refractivity contribution in [1.29, 1.82) is 5.26 Å². The van der Waals surface area contributed by atoms with Crippen LogP contribution in [0.3, 0.4) is 0 Å². The van der Waals surface area contributed by atoms with Crippen LogP contribution in [0.2, 0.25) is 0 Å². The molecule has 178 valence electrons. The SMILES string of the molecule is CCOC(=O)c1ccc(NC(=O)C(C#N)=Cc2cccc(OCc3cccc4ccccc34)c2)cc1. The Hall–Kier alpha value is -4.89. The third-order valence-corrected chi connectivity index (χ3v) is 5.46. The maximum atomic E-state index is 12.7. The summed E-state index contributed by atoms with van der Waals surface area (Å²) in [4.78, 5) is 24.4. The summed E-state index contributed by atoms with van der Waals surface area (Å²) in [6, 6.07) is 29.7. The number of nitriles is 1. The number of rotatable bonds is 8. The number of esters is 1. The molecule has 0 unspecified atom stereocenters. The first-order valence-electron chi connectivity index (χ1n) is 11.5. The standard InChI is InChI=1S/C30H24N2O4/c1-2-35-30(34)23-13-15-26(16-14-23)32-29(33)25(19-31)17-21-7-5-11-27(18-21)36-20-24-10-6-9-22-8-3-4-12-28(22)24/h3-18H,2,20H2,1H3,(H,32,33). The molecule has 0 fully saturated rings. The first-order chi connectivity index (χ1) is 17.6. The van der Waals surface area contributed by atoms with E-state index in [1.54, 1.807) is 43.3 Å². The van der Waals surface area contributed by atoms with E-state index < -0.39 is 11.9 Å². The minimum Gasteiger partial charge on any atom is -0.489 e. The van der Waals surface area contributed by atoms with Crippen LogP contribution in [0.25, 0.3) is 16.8 Å². The monoisotopic (exact) mass is 476 g/mol. The van der Waals surface area contributed by atoms with E-state index in [1.807, 2.05) is 42.5 Å². The zero-order chi connectivity index (χ0) is 25.3. The molecule has 0 atom stereocenters. The predicted molar refractivity (Wildman–Crippen MR) is 139 cm³/mol. The van der Waals surface area contributed by atoms with Gasteiger partial charge in [0.2, 0.25) is 0 Å². The van der Waals surface area contributed by atoms with E-state index in [1.165, 1.54) is 6.08 Å². The normalized spacial score (nSPS) is 10.9. The Kier molecular flexibility index (Phi) is 7.74. The Bertz CT molecular complexity index is 1460. The number of nitrogens with zero attached hydrogens (tertiary/aromatic N) is 1. The van der Waals surface area contributed by atoms with E-state index >= 15 is 0 Å². The van der Waals surface area contributed by atoms with Gasteiger partial charge >= 0.3 is 5.97 Å². The zero-order valence-corrected chi connectivity index (χ0v) is 19.7. The van der Waals surface area contributed by atoms with Gasteiger partial charge in [0.15, 0.2) is 0 Å². The van der Waals surface area contributed by atoms with Crippen LogP contribution >= 0.6 is 0 Å². The number of carbonyl (C=O) groups is 2. The molecule has 36 heavy (non-hydrogen) atoms. The van der Waals surface area contributed by atoms with Crippen molar-refractivity contribution in [3.8, 4) is 11.8 Å². The van der Waals surface area contributed by atoms with Gasteiger partial charge in [-0.1, -0.05) is 54.6 Å².